The largest absolute Gasteiger partial charge is 0.463 e. The summed E-state index contributed by atoms with van der Waals surface area (Å²) < 4.78 is 19.1. The molecule has 1 aliphatic heterocycles. The van der Waals surface area contributed by atoms with Crippen LogP contribution < -0.4 is 4.90 Å². The van der Waals surface area contributed by atoms with E-state index in [0.717, 1.165) is 10.5 Å². The summed E-state index contributed by atoms with van der Waals surface area (Å²) in [5, 5.41) is 12.2. The van der Waals surface area contributed by atoms with Crippen molar-refractivity contribution in [2.24, 2.45) is 11.8 Å². The van der Waals surface area contributed by atoms with Crippen molar-refractivity contribution in [3.8, 4) is 0 Å². The van der Waals surface area contributed by atoms with Crippen molar-refractivity contribution in [2.75, 3.05) is 24.7 Å². The molecule has 0 radical (unpaired) electrons. The highest BCUT2D eigenvalue weighted by Gasteiger charge is 2.67. The summed E-state index contributed by atoms with van der Waals surface area (Å²) >= 11 is 0. The number of hydrogen-bond donors (Lipinski definition) is 1. The molecule has 11 nitrogen and oxygen atoms in total. The summed E-state index contributed by atoms with van der Waals surface area (Å²) in [6, 6.07) is 18.1. The van der Waals surface area contributed by atoms with Crippen molar-refractivity contribution < 1.29 is 38.2 Å². The Hall–Kier alpha value is -4.13. The van der Waals surface area contributed by atoms with Crippen LogP contribution in [0.2, 0.25) is 18.1 Å². The van der Waals surface area contributed by atoms with Gasteiger partial charge in [-0.1, -0.05) is 69.3 Å². The van der Waals surface area contributed by atoms with Crippen molar-refractivity contribution in [2.45, 2.75) is 76.7 Å². The topological polar surface area (TPSA) is 137 Å². The molecule has 48 heavy (non-hydrogen) atoms. The van der Waals surface area contributed by atoms with Crippen LogP contribution in [-0.2, 0) is 39.6 Å². The second-order valence-corrected chi connectivity index (χ2v) is 18.7. The van der Waals surface area contributed by atoms with Gasteiger partial charge in [0.15, 0.2) is 8.32 Å². The van der Waals surface area contributed by atoms with E-state index in [1.54, 1.807) is 48.7 Å². The van der Waals surface area contributed by atoms with Gasteiger partial charge in [-0.05, 0) is 49.7 Å². The van der Waals surface area contributed by atoms with Gasteiger partial charge in [0.25, 0.3) is 5.60 Å². The smallest absolute Gasteiger partial charge is 0.350 e. The van der Waals surface area contributed by atoms with Gasteiger partial charge in [0.1, 0.15) is 0 Å². The zero-order valence-corrected chi connectivity index (χ0v) is 29.6. The summed E-state index contributed by atoms with van der Waals surface area (Å²) in [6.45, 7) is 13.3. The Labute approximate surface area is 282 Å². The number of rotatable bonds is 11. The van der Waals surface area contributed by atoms with Gasteiger partial charge in [0, 0.05) is 19.1 Å². The number of aliphatic hydroxyl groups is 1. The third-order valence-corrected chi connectivity index (χ3v) is 14.5. The first-order valence-electron chi connectivity index (χ1n) is 16.4. The molecule has 2 aromatic carbocycles. The van der Waals surface area contributed by atoms with Crippen LogP contribution in [0.25, 0.3) is 0 Å². The highest BCUT2D eigenvalue weighted by Crippen LogP contribution is 2.55. The number of ether oxygens (including phenoxy) is 2. The fourth-order valence-corrected chi connectivity index (χ4v) is 7.63. The van der Waals surface area contributed by atoms with Crippen molar-refractivity contribution >= 4 is 37.8 Å². The van der Waals surface area contributed by atoms with Crippen LogP contribution in [0.15, 0.2) is 67.0 Å². The van der Waals surface area contributed by atoms with Crippen LogP contribution in [0.3, 0.4) is 0 Å². The van der Waals surface area contributed by atoms with E-state index in [-0.39, 0.29) is 37.1 Å². The standard InChI is InChI=1S/C36H45N3O8Si/c1-8-45-33(42)36(44,34(43)46-9-2)28-25(21-47-48(6,7)35(3,4)5)26-27(32(41)39(31(26)40)24-18-14-11-15-19-24)30-29(28)37-22-38(30)20-23-16-12-10-13-17-23/h10-19,22,25-28,44H,8-9,20-21H2,1-7H3/t25-,26+,27+,28+/m1/s1. The summed E-state index contributed by atoms with van der Waals surface area (Å²) in [4.78, 5) is 62.7. The highest BCUT2D eigenvalue weighted by molar-refractivity contribution is 6.74. The number of benzene rings is 2. The first-order valence-corrected chi connectivity index (χ1v) is 19.3. The Balaban J connectivity index is 1.78. The number of esters is 2. The molecule has 0 spiro atoms. The van der Waals surface area contributed by atoms with E-state index in [4.69, 9.17) is 18.9 Å². The van der Waals surface area contributed by atoms with Crippen molar-refractivity contribution in [1.82, 2.24) is 9.55 Å². The predicted octanol–water partition coefficient (Wildman–Crippen LogP) is 4.80. The molecule has 1 aliphatic carbocycles. The molecule has 5 rings (SSSR count). The fraction of sp³-hybridized carbons (Fsp3) is 0.472. The van der Waals surface area contributed by atoms with Crippen molar-refractivity contribution in [1.29, 1.82) is 0 Å². The molecular weight excluding hydrogens is 630 g/mol. The molecule has 2 amide bonds. The number of imidazole rings is 1. The SMILES string of the molecule is CCOC(=O)C(O)(C(=O)OCC)[C@@H]1c2ncn(Cc3ccccc3)c2[C@H]2C(=O)N(c3ccccc3)C(=O)[C@H]2[C@H]1CO[Si](C)(C)C(C)(C)C. The van der Waals surface area contributed by atoms with Gasteiger partial charge in [0.2, 0.25) is 11.8 Å². The number of nitrogens with zero attached hydrogens (tertiary/aromatic N) is 3. The fourth-order valence-electron chi connectivity index (χ4n) is 6.59. The van der Waals surface area contributed by atoms with Crippen LogP contribution >= 0.6 is 0 Å². The zero-order chi connectivity index (χ0) is 35.0. The second-order valence-electron chi connectivity index (χ2n) is 13.9. The molecule has 0 unspecified atom stereocenters. The second kappa shape index (κ2) is 13.4. The first-order chi connectivity index (χ1) is 22.7. The van der Waals surface area contributed by atoms with Crippen molar-refractivity contribution in [3.63, 3.8) is 0 Å². The predicted molar refractivity (Wildman–Crippen MR) is 181 cm³/mol. The summed E-state index contributed by atoms with van der Waals surface area (Å²) in [6.07, 6.45) is 1.53. The number of para-hydroxylation sites is 1. The van der Waals surface area contributed by atoms with Gasteiger partial charge in [-0.3, -0.25) is 9.59 Å². The zero-order valence-electron chi connectivity index (χ0n) is 28.6. The lowest BCUT2D eigenvalue weighted by atomic mass is 9.62. The Morgan fingerprint density at radius 2 is 1.46 bits per heavy atom. The molecule has 2 aliphatic rings. The number of carbonyl (C=O) groups excluding carboxylic acids is 4. The molecule has 1 fully saturated rings. The number of anilines is 1. The normalized spacial score (nSPS) is 21.1. The van der Waals surface area contributed by atoms with Gasteiger partial charge < -0.3 is 23.6 Å². The first kappa shape index (κ1) is 35.2. The third kappa shape index (κ3) is 6.01. The number of hydrogen-bond acceptors (Lipinski definition) is 9. The lowest BCUT2D eigenvalue weighted by molar-refractivity contribution is -0.190. The minimum absolute atomic E-state index is 0.126. The van der Waals surface area contributed by atoms with Gasteiger partial charge in [-0.25, -0.2) is 19.5 Å². The summed E-state index contributed by atoms with van der Waals surface area (Å²) in [7, 11) is -2.51. The molecule has 1 saturated heterocycles. The number of amides is 2. The summed E-state index contributed by atoms with van der Waals surface area (Å²) in [5.74, 6) is -8.04. The molecule has 4 atom stereocenters. The number of fused-ring (bicyclic) bond motifs is 3. The molecule has 3 aromatic rings. The van der Waals surface area contributed by atoms with Gasteiger partial charge in [-0.15, -0.1) is 0 Å². The number of carbonyl (C=O) groups is 4. The molecular formula is C36H45N3O8Si. The van der Waals surface area contributed by atoms with Gasteiger partial charge >= 0.3 is 11.9 Å². The molecule has 256 valence electrons. The number of aromatic nitrogens is 2. The Kier molecular flexibility index (Phi) is 9.83. The summed E-state index contributed by atoms with van der Waals surface area (Å²) in [5.41, 5.74) is -1.11. The third-order valence-electron chi connectivity index (χ3n) is 10.0. The van der Waals surface area contributed by atoms with Gasteiger partial charge in [-0.2, -0.15) is 0 Å². The maximum Gasteiger partial charge on any atom is 0.350 e. The minimum Gasteiger partial charge on any atom is -0.463 e. The lowest BCUT2D eigenvalue weighted by Gasteiger charge is -2.45. The monoisotopic (exact) mass is 675 g/mol. The van der Waals surface area contributed by atoms with E-state index in [2.05, 4.69) is 20.8 Å². The molecule has 1 aromatic heterocycles. The Bertz CT molecular complexity index is 1650. The van der Waals surface area contributed by atoms with Crippen LogP contribution in [0.1, 0.15) is 63.4 Å². The van der Waals surface area contributed by atoms with Gasteiger partial charge in [0.05, 0.1) is 54.4 Å². The van der Waals surface area contributed by atoms with Crippen LogP contribution in [0.5, 0.6) is 0 Å². The molecule has 0 bridgehead atoms. The van der Waals surface area contributed by atoms with E-state index in [0.29, 0.717) is 11.4 Å². The molecule has 2 heterocycles. The van der Waals surface area contributed by atoms with E-state index in [1.807, 2.05) is 43.4 Å². The molecule has 0 saturated carbocycles. The average Bonchev–Trinajstić information content (AvgIpc) is 3.56. The average molecular weight is 676 g/mol. The van der Waals surface area contributed by atoms with E-state index in [1.165, 1.54) is 6.33 Å². The van der Waals surface area contributed by atoms with E-state index < -0.39 is 61.3 Å². The van der Waals surface area contributed by atoms with Crippen LogP contribution in [-0.4, -0.2) is 72.1 Å². The Morgan fingerprint density at radius 3 is 2.00 bits per heavy atom. The van der Waals surface area contributed by atoms with E-state index >= 15 is 0 Å². The van der Waals surface area contributed by atoms with Crippen molar-refractivity contribution in [3.05, 3.63) is 83.9 Å². The number of imide groups is 1. The maximum atomic E-state index is 14.7. The van der Waals surface area contributed by atoms with E-state index in [9.17, 15) is 24.3 Å². The molecule has 1 N–H and O–H groups in total. The Morgan fingerprint density at radius 1 is 0.896 bits per heavy atom. The maximum absolute atomic E-state index is 14.7. The minimum atomic E-state index is -2.90. The van der Waals surface area contributed by atoms with Crippen LogP contribution in [0, 0.1) is 11.8 Å². The lowest BCUT2D eigenvalue weighted by Crippen LogP contribution is -2.59. The van der Waals surface area contributed by atoms with Crippen LogP contribution in [0.4, 0.5) is 5.69 Å². The highest BCUT2D eigenvalue weighted by atomic mass is 28.4. The quantitative estimate of drug-likeness (QED) is 0.132. The molecule has 12 heteroatoms.